The fourth-order valence-corrected chi connectivity index (χ4v) is 2.98. The average molecular weight is 331 g/mol. The first-order valence-corrected chi connectivity index (χ1v) is 7.71. The number of hydrogen-bond donors (Lipinski definition) is 6. The summed E-state index contributed by atoms with van der Waals surface area (Å²) in [6, 6.07) is -0.587. The number of likely N-dealkylation sites (N-methyl/N-ethyl adjacent to an activating group) is 1. The van der Waals surface area contributed by atoms with E-state index in [4.69, 9.17) is 20.9 Å². The number of amides is 1. The van der Waals surface area contributed by atoms with Crippen molar-refractivity contribution in [2.75, 3.05) is 26.7 Å². The Hall–Kier alpha value is -1.20. The molecule has 1 fully saturated rings. The number of likely N-dealkylation sites (tertiary alicyclic amines) is 1. The third-order valence-corrected chi connectivity index (χ3v) is 4.41. The van der Waals surface area contributed by atoms with Gasteiger partial charge in [-0.25, -0.2) is 0 Å². The van der Waals surface area contributed by atoms with Gasteiger partial charge in [-0.3, -0.25) is 9.59 Å². The number of carbonyl (C=O) groups is 2. The van der Waals surface area contributed by atoms with Gasteiger partial charge in [0.2, 0.25) is 5.91 Å². The number of carbonyl (C=O) groups excluding carboxylic acids is 1. The van der Waals surface area contributed by atoms with E-state index >= 15 is 0 Å². The van der Waals surface area contributed by atoms with Crippen molar-refractivity contribution in [2.45, 2.75) is 37.2 Å². The van der Waals surface area contributed by atoms with Gasteiger partial charge >= 0.3 is 13.1 Å². The number of nitrogens with one attached hydrogen (secondary N) is 1. The van der Waals surface area contributed by atoms with Crippen molar-refractivity contribution >= 4 is 19.0 Å². The summed E-state index contributed by atoms with van der Waals surface area (Å²) in [5, 5.41) is 39.0. The summed E-state index contributed by atoms with van der Waals surface area (Å²) in [4.78, 5) is 25.4. The monoisotopic (exact) mass is 331 g/mol. The fraction of sp³-hybridized carbons (Fsp3) is 0.846. The van der Waals surface area contributed by atoms with Gasteiger partial charge in [-0.1, -0.05) is 6.42 Å². The standard InChI is InChI=1S/C13H26BN3O6/c1-16-10(4-6-18)11(19)17-7-9(3-2-5-14(22)23)13(15,8-17)12(20)21/h9-10,16,18,22-23H,2-8,15H2,1H3,(H,20,21)/t9?,10-,13-/m0/s1. The molecule has 1 saturated heterocycles. The van der Waals surface area contributed by atoms with Gasteiger partial charge < -0.3 is 36.2 Å². The number of carboxylic acids is 1. The predicted octanol–water partition coefficient (Wildman–Crippen LogP) is -2.55. The third-order valence-electron chi connectivity index (χ3n) is 4.41. The van der Waals surface area contributed by atoms with Crippen LogP contribution < -0.4 is 11.1 Å². The van der Waals surface area contributed by atoms with Crippen molar-refractivity contribution in [3.8, 4) is 0 Å². The van der Waals surface area contributed by atoms with E-state index in [9.17, 15) is 14.7 Å². The summed E-state index contributed by atoms with van der Waals surface area (Å²) < 4.78 is 0. The fourth-order valence-electron chi connectivity index (χ4n) is 2.98. The molecule has 1 amide bonds. The minimum atomic E-state index is -1.55. The highest BCUT2D eigenvalue weighted by Crippen LogP contribution is 2.31. The van der Waals surface area contributed by atoms with Gasteiger partial charge in [-0.2, -0.15) is 0 Å². The maximum absolute atomic E-state index is 12.4. The highest BCUT2D eigenvalue weighted by molar-refractivity contribution is 6.40. The van der Waals surface area contributed by atoms with Crippen molar-refractivity contribution in [2.24, 2.45) is 11.7 Å². The Balaban J connectivity index is 2.79. The number of nitrogens with zero attached hydrogens (tertiary/aromatic N) is 1. The van der Waals surface area contributed by atoms with Crippen molar-refractivity contribution in [1.82, 2.24) is 10.2 Å². The van der Waals surface area contributed by atoms with E-state index in [1.54, 1.807) is 7.05 Å². The molecule has 23 heavy (non-hydrogen) atoms. The Morgan fingerprint density at radius 1 is 1.48 bits per heavy atom. The lowest BCUT2D eigenvalue weighted by Crippen LogP contribution is -2.55. The van der Waals surface area contributed by atoms with Gasteiger partial charge in [0.25, 0.3) is 0 Å². The molecule has 0 aromatic rings. The van der Waals surface area contributed by atoms with Gasteiger partial charge in [0.1, 0.15) is 5.54 Å². The van der Waals surface area contributed by atoms with Crippen LogP contribution in [0.1, 0.15) is 19.3 Å². The minimum Gasteiger partial charge on any atom is -0.480 e. The van der Waals surface area contributed by atoms with Crippen LogP contribution in [0.3, 0.4) is 0 Å². The van der Waals surface area contributed by atoms with E-state index in [2.05, 4.69) is 5.32 Å². The van der Waals surface area contributed by atoms with Crippen LogP contribution in [0.4, 0.5) is 0 Å². The van der Waals surface area contributed by atoms with Crippen LogP contribution in [0.25, 0.3) is 0 Å². The zero-order chi connectivity index (χ0) is 17.6. The Morgan fingerprint density at radius 3 is 2.61 bits per heavy atom. The molecular formula is C13H26BN3O6. The van der Waals surface area contributed by atoms with E-state index < -0.39 is 30.6 Å². The first kappa shape index (κ1) is 19.9. The maximum Gasteiger partial charge on any atom is 0.451 e. The van der Waals surface area contributed by atoms with Crippen LogP contribution in [-0.2, 0) is 9.59 Å². The van der Waals surface area contributed by atoms with Gasteiger partial charge in [0.15, 0.2) is 0 Å². The predicted molar refractivity (Wildman–Crippen MR) is 83.4 cm³/mol. The molecule has 0 bridgehead atoms. The lowest BCUT2D eigenvalue weighted by Gasteiger charge is -2.25. The molecule has 0 aromatic heterocycles. The lowest BCUT2D eigenvalue weighted by molar-refractivity contribution is -0.144. The summed E-state index contributed by atoms with van der Waals surface area (Å²) in [7, 11) is 0.158. The van der Waals surface area contributed by atoms with E-state index in [0.717, 1.165) is 0 Å². The SMILES string of the molecule is CN[C@@H](CCO)C(=O)N1CC(CCCB(O)O)[C@](N)(C(=O)O)C1. The number of nitrogens with two attached hydrogens (primary N) is 1. The topological polar surface area (TPSA) is 156 Å². The Morgan fingerprint density at radius 2 is 2.13 bits per heavy atom. The number of aliphatic carboxylic acids is 1. The zero-order valence-electron chi connectivity index (χ0n) is 13.3. The summed E-state index contributed by atoms with van der Waals surface area (Å²) in [5.74, 6) is -1.93. The average Bonchev–Trinajstić information content (AvgIpc) is 2.82. The second-order valence-electron chi connectivity index (χ2n) is 6.03. The third kappa shape index (κ3) is 4.89. The largest absolute Gasteiger partial charge is 0.480 e. The molecule has 1 heterocycles. The summed E-state index contributed by atoms with van der Waals surface area (Å²) in [5.41, 5.74) is 4.47. The van der Waals surface area contributed by atoms with E-state index in [0.29, 0.717) is 12.8 Å². The molecule has 0 aliphatic carbocycles. The maximum atomic E-state index is 12.4. The van der Waals surface area contributed by atoms with Crippen LogP contribution in [0, 0.1) is 5.92 Å². The van der Waals surface area contributed by atoms with Crippen molar-refractivity contribution in [1.29, 1.82) is 0 Å². The zero-order valence-corrected chi connectivity index (χ0v) is 13.3. The van der Waals surface area contributed by atoms with Gasteiger partial charge in [0, 0.05) is 25.6 Å². The summed E-state index contributed by atoms with van der Waals surface area (Å²) in [6.45, 7) is -0.0561. The number of rotatable bonds is 9. The molecule has 1 rings (SSSR count). The molecule has 0 radical (unpaired) electrons. The van der Waals surface area contributed by atoms with Crippen molar-refractivity contribution < 1.29 is 29.9 Å². The number of hydrogen-bond acceptors (Lipinski definition) is 7. The summed E-state index contributed by atoms with van der Waals surface area (Å²) in [6.07, 6.45) is 1.15. The van der Waals surface area contributed by atoms with Crippen LogP contribution in [0.5, 0.6) is 0 Å². The first-order chi connectivity index (χ1) is 10.8. The quantitative estimate of drug-likeness (QED) is 0.252. The Kier molecular flexibility index (Phi) is 7.42. The first-order valence-electron chi connectivity index (χ1n) is 7.71. The van der Waals surface area contributed by atoms with E-state index in [1.807, 2.05) is 0 Å². The van der Waals surface area contributed by atoms with Crippen LogP contribution in [-0.4, -0.2) is 82.5 Å². The molecule has 0 spiro atoms. The Labute approximate surface area is 135 Å². The van der Waals surface area contributed by atoms with Crippen LogP contribution in [0.2, 0.25) is 6.32 Å². The summed E-state index contributed by atoms with van der Waals surface area (Å²) >= 11 is 0. The molecule has 1 aliphatic rings. The van der Waals surface area contributed by atoms with E-state index in [-0.39, 0.29) is 38.3 Å². The normalized spacial score (nSPS) is 25.4. The molecule has 132 valence electrons. The molecule has 10 heteroatoms. The number of aliphatic hydroxyl groups excluding tert-OH is 1. The van der Waals surface area contributed by atoms with Gasteiger partial charge in [0.05, 0.1) is 6.04 Å². The molecule has 0 saturated carbocycles. The molecular weight excluding hydrogens is 305 g/mol. The second-order valence-corrected chi connectivity index (χ2v) is 6.03. The lowest BCUT2D eigenvalue weighted by atomic mass is 9.78. The molecule has 9 nitrogen and oxygen atoms in total. The highest BCUT2D eigenvalue weighted by atomic mass is 16.4. The van der Waals surface area contributed by atoms with Crippen LogP contribution >= 0.6 is 0 Å². The molecule has 1 aliphatic heterocycles. The highest BCUT2D eigenvalue weighted by Gasteiger charge is 2.51. The Bertz CT molecular complexity index is 425. The number of carboxylic acid groups (broad SMARTS) is 1. The molecule has 0 aromatic carbocycles. The van der Waals surface area contributed by atoms with Gasteiger partial charge in [-0.05, 0) is 26.2 Å². The molecule has 3 atom stereocenters. The molecule has 1 unspecified atom stereocenters. The number of aliphatic hydroxyl groups is 1. The molecule has 7 N–H and O–H groups in total. The van der Waals surface area contributed by atoms with E-state index in [1.165, 1.54) is 4.90 Å². The van der Waals surface area contributed by atoms with Crippen molar-refractivity contribution in [3.05, 3.63) is 0 Å². The van der Waals surface area contributed by atoms with Crippen LogP contribution in [0.15, 0.2) is 0 Å². The second kappa shape index (κ2) is 8.60. The smallest absolute Gasteiger partial charge is 0.451 e. The minimum absolute atomic E-state index is 0.100. The van der Waals surface area contributed by atoms with Crippen molar-refractivity contribution in [3.63, 3.8) is 0 Å². The van der Waals surface area contributed by atoms with Gasteiger partial charge in [-0.15, -0.1) is 0 Å².